The number of benzene rings is 1. The Morgan fingerprint density at radius 1 is 0.909 bits per heavy atom. The van der Waals surface area contributed by atoms with Crippen LogP contribution in [0.5, 0.6) is 0 Å². The molecule has 1 aromatic carbocycles. The van der Waals surface area contributed by atoms with E-state index in [0.29, 0.717) is 11.6 Å². The summed E-state index contributed by atoms with van der Waals surface area (Å²) >= 11 is 0. The van der Waals surface area contributed by atoms with Crippen LogP contribution in [0.2, 0.25) is 0 Å². The summed E-state index contributed by atoms with van der Waals surface area (Å²) in [5, 5.41) is 0. The number of rotatable bonds is 4. The molecule has 2 aromatic heterocycles. The topological polar surface area (TPSA) is 48.4 Å². The first-order chi connectivity index (χ1) is 16.0. The molecule has 33 heavy (non-hydrogen) atoms. The van der Waals surface area contributed by atoms with Gasteiger partial charge in [-0.15, -0.1) is 0 Å². The highest BCUT2D eigenvalue weighted by Gasteiger charge is 2.26. The average Bonchev–Trinajstić information content (AvgIpc) is 3.27. The largest absolute Gasteiger partial charge is 0.353 e. The minimum atomic E-state index is -0.192. The molecule has 1 atom stereocenters. The second-order valence-corrected chi connectivity index (χ2v) is 9.18. The van der Waals surface area contributed by atoms with Gasteiger partial charge < -0.3 is 14.7 Å². The smallest absolute Gasteiger partial charge is 0.228 e. The van der Waals surface area contributed by atoms with Gasteiger partial charge in [0.1, 0.15) is 17.5 Å². The number of hydrogen-bond donors (Lipinski definition) is 0. The number of halogens is 1. The Morgan fingerprint density at radius 2 is 1.70 bits per heavy atom. The van der Waals surface area contributed by atoms with E-state index in [1.54, 1.807) is 6.92 Å². The molecule has 0 aliphatic carbocycles. The van der Waals surface area contributed by atoms with Crippen LogP contribution >= 0.6 is 0 Å². The maximum atomic E-state index is 13.9. The minimum Gasteiger partial charge on any atom is -0.353 e. The zero-order chi connectivity index (χ0) is 22.9. The van der Waals surface area contributed by atoms with Gasteiger partial charge in [-0.05, 0) is 69.0 Å². The van der Waals surface area contributed by atoms with Crippen molar-refractivity contribution in [2.45, 2.75) is 39.7 Å². The summed E-state index contributed by atoms with van der Waals surface area (Å²) in [7, 11) is 0. The van der Waals surface area contributed by atoms with E-state index in [4.69, 9.17) is 9.97 Å². The quantitative estimate of drug-likeness (QED) is 0.583. The fourth-order valence-electron chi connectivity index (χ4n) is 4.85. The Balaban J connectivity index is 1.45. The first-order valence-electron chi connectivity index (χ1n) is 11.8. The van der Waals surface area contributed by atoms with Crippen LogP contribution in [0.1, 0.15) is 30.9 Å². The van der Waals surface area contributed by atoms with Crippen molar-refractivity contribution in [1.29, 1.82) is 0 Å². The van der Waals surface area contributed by atoms with Crippen molar-refractivity contribution in [3.63, 3.8) is 0 Å². The molecule has 2 saturated heterocycles. The number of anilines is 3. The molecule has 6 nitrogen and oxygen atoms in total. The Morgan fingerprint density at radius 3 is 2.39 bits per heavy atom. The van der Waals surface area contributed by atoms with Crippen molar-refractivity contribution < 1.29 is 4.39 Å². The Bertz CT molecular complexity index is 1140. The van der Waals surface area contributed by atoms with E-state index in [2.05, 4.69) is 45.7 Å². The van der Waals surface area contributed by atoms with E-state index in [1.807, 2.05) is 24.4 Å². The average molecular weight is 447 g/mol. The Hall–Kier alpha value is -3.22. The van der Waals surface area contributed by atoms with Gasteiger partial charge >= 0.3 is 0 Å². The van der Waals surface area contributed by atoms with Gasteiger partial charge in [-0.25, -0.2) is 14.4 Å². The first-order valence-corrected chi connectivity index (χ1v) is 11.8. The fraction of sp³-hybridized carbons (Fsp3) is 0.423. The van der Waals surface area contributed by atoms with Crippen LogP contribution in [-0.2, 0) is 0 Å². The third-order valence-electron chi connectivity index (χ3n) is 6.85. The lowest BCUT2D eigenvalue weighted by atomic mass is 10.1. The number of aryl methyl sites for hydroxylation is 2. The van der Waals surface area contributed by atoms with Gasteiger partial charge in [0.15, 0.2) is 0 Å². The van der Waals surface area contributed by atoms with E-state index in [1.165, 1.54) is 11.6 Å². The normalized spacial score (nSPS) is 18.8. The van der Waals surface area contributed by atoms with Gasteiger partial charge in [-0.3, -0.25) is 0 Å². The van der Waals surface area contributed by atoms with Crippen LogP contribution in [0, 0.1) is 19.7 Å². The zero-order valence-corrected chi connectivity index (χ0v) is 19.6. The van der Waals surface area contributed by atoms with E-state index in [0.717, 1.165) is 74.4 Å². The summed E-state index contributed by atoms with van der Waals surface area (Å²) in [6.07, 6.45) is 4.17. The highest BCUT2D eigenvalue weighted by atomic mass is 19.1. The molecule has 0 bridgehead atoms. The molecule has 0 amide bonds. The molecule has 5 rings (SSSR count). The van der Waals surface area contributed by atoms with Gasteiger partial charge in [0.05, 0.1) is 5.69 Å². The standard InChI is InChI=1S/C26H31FN6/c1-18-6-4-10-28-25(18)32-14-12-31(13-15-32)24-17-23(21-8-9-22(27)19(2)16-21)29-26(30-24)33-11-5-7-20(33)3/h4,6,8-10,16-17,20H,5,7,11-15H2,1-3H3. The second-order valence-electron chi connectivity index (χ2n) is 9.18. The molecule has 172 valence electrons. The van der Waals surface area contributed by atoms with Crippen molar-refractivity contribution in [1.82, 2.24) is 15.0 Å². The van der Waals surface area contributed by atoms with Crippen molar-refractivity contribution in [3.05, 3.63) is 59.5 Å². The fourth-order valence-corrected chi connectivity index (χ4v) is 4.85. The second kappa shape index (κ2) is 8.96. The highest BCUT2D eigenvalue weighted by molar-refractivity contribution is 5.66. The van der Waals surface area contributed by atoms with E-state index in [9.17, 15) is 4.39 Å². The van der Waals surface area contributed by atoms with Crippen molar-refractivity contribution in [3.8, 4) is 11.3 Å². The number of nitrogens with zero attached hydrogens (tertiary/aromatic N) is 6. The molecule has 1 unspecified atom stereocenters. The molecular formula is C26H31FN6. The van der Waals surface area contributed by atoms with Crippen molar-refractivity contribution in [2.24, 2.45) is 0 Å². The van der Waals surface area contributed by atoms with Crippen LogP contribution < -0.4 is 14.7 Å². The van der Waals surface area contributed by atoms with E-state index < -0.39 is 0 Å². The minimum absolute atomic E-state index is 0.192. The Kier molecular flexibility index (Phi) is 5.87. The molecule has 0 radical (unpaired) electrons. The lowest BCUT2D eigenvalue weighted by Gasteiger charge is -2.37. The summed E-state index contributed by atoms with van der Waals surface area (Å²) < 4.78 is 13.9. The van der Waals surface area contributed by atoms with Gasteiger partial charge in [0.25, 0.3) is 0 Å². The maximum Gasteiger partial charge on any atom is 0.228 e. The predicted molar refractivity (Wildman–Crippen MR) is 132 cm³/mol. The molecule has 0 saturated carbocycles. The van der Waals surface area contributed by atoms with Gasteiger partial charge in [0.2, 0.25) is 5.95 Å². The maximum absolute atomic E-state index is 13.9. The summed E-state index contributed by atoms with van der Waals surface area (Å²) in [6.45, 7) is 10.6. The van der Waals surface area contributed by atoms with Gasteiger partial charge in [-0.2, -0.15) is 4.98 Å². The van der Waals surface area contributed by atoms with E-state index >= 15 is 0 Å². The van der Waals surface area contributed by atoms with Crippen LogP contribution in [-0.4, -0.2) is 53.7 Å². The molecule has 2 fully saturated rings. The monoisotopic (exact) mass is 446 g/mol. The SMILES string of the molecule is Cc1cc(-c2cc(N3CCN(c4ncccc4C)CC3)nc(N3CCCC3C)n2)ccc1F. The summed E-state index contributed by atoms with van der Waals surface area (Å²) in [4.78, 5) is 21.5. The van der Waals surface area contributed by atoms with Gasteiger partial charge in [-0.1, -0.05) is 6.07 Å². The lowest BCUT2D eigenvalue weighted by molar-refractivity contribution is 0.618. The third kappa shape index (κ3) is 4.36. The summed E-state index contributed by atoms with van der Waals surface area (Å²) in [5.74, 6) is 2.59. The molecule has 0 N–H and O–H groups in total. The summed E-state index contributed by atoms with van der Waals surface area (Å²) in [5.41, 5.74) is 3.60. The number of aromatic nitrogens is 3. The van der Waals surface area contributed by atoms with Crippen molar-refractivity contribution >= 4 is 17.6 Å². The zero-order valence-electron chi connectivity index (χ0n) is 19.6. The molecule has 2 aliphatic rings. The number of hydrogen-bond acceptors (Lipinski definition) is 6. The van der Waals surface area contributed by atoms with Crippen molar-refractivity contribution in [2.75, 3.05) is 47.4 Å². The first kappa shape index (κ1) is 21.6. The van der Waals surface area contributed by atoms with Crippen LogP contribution in [0.15, 0.2) is 42.6 Å². The predicted octanol–water partition coefficient (Wildman–Crippen LogP) is 4.61. The van der Waals surface area contributed by atoms with Crippen LogP contribution in [0.25, 0.3) is 11.3 Å². The third-order valence-corrected chi connectivity index (χ3v) is 6.85. The van der Waals surface area contributed by atoms with Gasteiger partial charge in [0, 0.05) is 56.6 Å². The summed E-state index contributed by atoms with van der Waals surface area (Å²) in [6, 6.07) is 11.8. The molecule has 3 aromatic rings. The molecule has 0 spiro atoms. The Labute approximate surface area is 195 Å². The molecule has 2 aliphatic heterocycles. The molecular weight excluding hydrogens is 415 g/mol. The molecule has 7 heteroatoms. The van der Waals surface area contributed by atoms with Crippen LogP contribution in [0.3, 0.4) is 0 Å². The highest BCUT2D eigenvalue weighted by Crippen LogP contribution is 2.30. The number of piperazine rings is 1. The number of pyridine rings is 1. The molecule has 4 heterocycles. The van der Waals surface area contributed by atoms with E-state index in [-0.39, 0.29) is 5.82 Å². The van der Waals surface area contributed by atoms with Crippen LogP contribution in [0.4, 0.5) is 22.0 Å². The lowest BCUT2D eigenvalue weighted by Crippen LogP contribution is -2.47.